The van der Waals surface area contributed by atoms with E-state index in [1.54, 1.807) is 7.11 Å². The highest BCUT2D eigenvalue weighted by Crippen LogP contribution is 2.40. The van der Waals surface area contributed by atoms with Crippen LogP contribution in [0.4, 0.5) is 0 Å². The van der Waals surface area contributed by atoms with Crippen LogP contribution in [-0.4, -0.2) is 23.4 Å². The van der Waals surface area contributed by atoms with E-state index < -0.39 is 0 Å². The zero-order valence-corrected chi connectivity index (χ0v) is 12.4. The third-order valence-corrected chi connectivity index (χ3v) is 4.32. The van der Waals surface area contributed by atoms with E-state index >= 15 is 0 Å². The summed E-state index contributed by atoms with van der Waals surface area (Å²) >= 11 is 0. The molecule has 2 atom stereocenters. The van der Waals surface area contributed by atoms with Gasteiger partial charge in [0.2, 0.25) is 0 Å². The second-order valence-corrected chi connectivity index (χ2v) is 5.88. The number of rotatable bonds is 4. The summed E-state index contributed by atoms with van der Waals surface area (Å²) in [6.45, 7) is 5.10. The topological polar surface area (TPSA) is 53.1 Å². The van der Waals surface area contributed by atoms with Crippen molar-refractivity contribution in [3.63, 3.8) is 0 Å². The monoisotopic (exact) mass is 265 g/mol. The second kappa shape index (κ2) is 6.42. The fourth-order valence-corrected chi connectivity index (χ4v) is 3.30. The molecule has 0 radical (unpaired) electrons. The predicted molar refractivity (Wildman–Crippen MR) is 77.5 cm³/mol. The number of nitrogens with two attached hydrogens (primary N) is 1. The minimum atomic E-state index is 0.362. The zero-order valence-electron chi connectivity index (χ0n) is 12.4. The molecule has 2 unspecified atom stereocenters. The summed E-state index contributed by atoms with van der Waals surface area (Å²) in [6, 6.07) is 0.362. The van der Waals surface area contributed by atoms with E-state index in [2.05, 4.69) is 23.6 Å². The lowest BCUT2D eigenvalue weighted by Crippen LogP contribution is -2.24. The molecule has 0 bridgehead atoms. The fraction of sp³-hybridized carbons (Fsp3) is 0.800. The van der Waals surface area contributed by atoms with E-state index in [0.29, 0.717) is 17.9 Å². The smallest absolute Gasteiger partial charge is 0.160 e. The van der Waals surface area contributed by atoms with Gasteiger partial charge in [-0.1, -0.05) is 19.3 Å². The largest absolute Gasteiger partial charge is 0.493 e. The Labute approximate surface area is 116 Å². The van der Waals surface area contributed by atoms with Gasteiger partial charge in [-0.25, -0.2) is 0 Å². The number of ether oxygens (including phenoxy) is 1. The molecule has 1 saturated carbocycles. The maximum absolute atomic E-state index is 6.02. The highest BCUT2D eigenvalue weighted by atomic mass is 16.5. The van der Waals surface area contributed by atoms with Crippen LogP contribution in [0.5, 0.6) is 5.75 Å². The first-order valence-electron chi connectivity index (χ1n) is 7.50. The molecule has 19 heavy (non-hydrogen) atoms. The molecule has 0 spiro atoms. The van der Waals surface area contributed by atoms with E-state index in [-0.39, 0.29) is 0 Å². The third kappa shape index (κ3) is 2.94. The molecule has 1 aromatic rings. The highest BCUT2D eigenvalue weighted by Gasteiger charge is 2.30. The van der Waals surface area contributed by atoms with E-state index in [1.165, 1.54) is 37.8 Å². The normalized spacial score (nSPS) is 24.5. The van der Waals surface area contributed by atoms with Gasteiger partial charge in [-0.05, 0) is 39.2 Å². The minimum Gasteiger partial charge on any atom is -0.493 e. The van der Waals surface area contributed by atoms with Crippen LogP contribution in [0.25, 0.3) is 0 Å². The van der Waals surface area contributed by atoms with Crippen LogP contribution in [0.15, 0.2) is 6.20 Å². The molecule has 1 aromatic heterocycles. The van der Waals surface area contributed by atoms with Gasteiger partial charge in [0.25, 0.3) is 0 Å². The molecule has 1 aliphatic rings. The Morgan fingerprint density at radius 3 is 2.74 bits per heavy atom. The number of aromatic nitrogens is 2. The first kappa shape index (κ1) is 14.4. The molecule has 108 valence electrons. The molecule has 4 heteroatoms. The number of methoxy groups -OCH3 is 1. The average Bonchev–Trinajstić information content (AvgIpc) is 2.69. The van der Waals surface area contributed by atoms with Crippen LogP contribution in [0, 0.1) is 5.92 Å². The summed E-state index contributed by atoms with van der Waals surface area (Å²) in [5, 5.41) is 4.51. The molecule has 2 rings (SSSR count). The molecule has 1 heterocycles. The highest BCUT2D eigenvalue weighted by molar-refractivity contribution is 5.30. The molecule has 0 amide bonds. The lowest BCUT2D eigenvalue weighted by atomic mass is 9.85. The standard InChI is InChI=1S/C15H27N3O/c1-11(2)18-15(14(19-3)10-17-18)13-8-6-4-5-7-12(13)9-16/h10-13H,4-9,16H2,1-3H3. The van der Waals surface area contributed by atoms with Gasteiger partial charge in [0, 0.05) is 12.0 Å². The van der Waals surface area contributed by atoms with Crippen LogP contribution >= 0.6 is 0 Å². The first-order chi connectivity index (χ1) is 9.19. The van der Waals surface area contributed by atoms with Crippen molar-refractivity contribution >= 4 is 0 Å². The number of hydrogen-bond donors (Lipinski definition) is 1. The van der Waals surface area contributed by atoms with Gasteiger partial charge in [-0.3, -0.25) is 4.68 Å². The first-order valence-corrected chi connectivity index (χ1v) is 7.50. The summed E-state index contributed by atoms with van der Waals surface area (Å²) in [7, 11) is 1.74. The van der Waals surface area contributed by atoms with E-state index in [0.717, 1.165) is 12.3 Å². The maximum Gasteiger partial charge on any atom is 0.160 e. The maximum atomic E-state index is 6.02. The second-order valence-electron chi connectivity index (χ2n) is 5.88. The summed E-state index contributed by atoms with van der Waals surface area (Å²) in [5.41, 5.74) is 7.28. The molecule has 0 aliphatic heterocycles. The lowest BCUT2D eigenvalue weighted by molar-refractivity contribution is 0.347. The third-order valence-electron chi connectivity index (χ3n) is 4.32. The van der Waals surface area contributed by atoms with Crippen molar-refractivity contribution < 1.29 is 4.74 Å². The average molecular weight is 265 g/mol. The van der Waals surface area contributed by atoms with Gasteiger partial charge < -0.3 is 10.5 Å². The van der Waals surface area contributed by atoms with E-state index in [4.69, 9.17) is 10.5 Å². The number of hydrogen-bond acceptors (Lipinski definition) is 3. The SMILES string of the molecule is COc1cnn(C(C)C)c1C1CCCCCC1CN. The van der Waals surface area contributed by atoms with E-state index in [9.17, 15) is 0 Å². The summed E-state index contributed by atoms with van der Waals surface area (Å²) in [6.07, 6.45) is 8.20. The Hall–Kier alpha value is -1.03. The fourth-order valence-electron chi connectivity index (χ4n) is 3.30. The molecule has 0 aromatic carbocycles. The van der Waals surface area contributed by atoms with Gasteiger partial charge in [0.15, 0.2) is 5.75 Å². The molecule has 4 nitrogen and oxygen atoms in total. The molecule has 2 N–H and O–H groups in total. The molecule has 1 fully saturated rings. The Morgan fingerprint density at radius 2 is 2.11 bits per heavy atom. The Morgan fingerprint density at radius 1 is 1.37 bits per heavy atom. The van der Waals surface area contributed by atoms with Gasteiger partial charge in [-0.15, -0.1) is 0 Å². The molecular weight excluding hydrogens is 238 g/mol. The van der Waals surface area contributed by atoms with Gasteiger partial charge in [0.05, 0.1) is 19.0 Å². The van der Waals surface area contributed by atoms with Gasteiger partial charge in [-0.2, -0.15) is 5.10 Å². The van der Waals surface area contributed by atoms with Crippen molar-refractivity contribution in [1.82, 2.24) is 9.78 Å². The molecule has 1 aliphatic carbocycles. The van der Waals surface area contributed by atoms with Crippen molar-refractivity contribution in [2.24, 2.45) is 11.7 Å². The zero-order chi connectivity index (χ0) is 13.8. The van der Waals surface area contributed by atoms with Crippen molar-refractivity contribution in [3.05, 3.63) is 11.9 Å². The van der Waals surface area contributed by atoms with Crippen molar-refractivity contribution in [3.8, 4) is 5.75 Å². The Bertz CT molecular complexity index is 400. The quantitative estimate of drug-likeness (QED) is 0.851. The Balaban J connectivity index is 2.38. The van der Waals surface area contributed by atoms with Crippen molar-refractivity contribution in [2.45, 2.75) is 57.9 Å². The van der Waals surface area contributed by atoms with Crippen LogP contribution in [0.3, 0.4) is 0 Å². The lowest BCUT2D eigenvalue weighted by Gasteiger charge is -2.26. The van der Waals surface area contributed by atoms with Crippen LogP contribution in [0.1, 0.15) is 63.6 Å². The minimum absolute atomic E-state index is 0.362. The van der Waals surface area contributed by atoms with Crippen molar-refractivity contribution in [1.29, 1.82) is 0 Å². The van der Waals surface area contributed by atoms with Gasteiger partial charge in [0.1, 0.15) is 0 Å². The summed E-state index contributed by atoms with van der Waals surface area (Å²) in [4.78, 5) is 0. The van der Waals surface area contributed by atoms with Crippen LogP contribution in [0.2, 0.25) is 0 Å². The van der Waals surface area contributed by atoms with Crippen molar-refractivity contribution in [2.75, 3.05) is 13.7 Å². The Kier molecular flexibility index (Phi) is 4.86. The van der Waals surface area contributed by atoms with Gasteiger partial charge >= 0.3 is 0 Å². The summed E-state index contributed by atoms with van der Waals surface area (Å²) < 4.78 is 7.66. The van der Waals surface area contributed by atoms with Crippen LogP contribution < -0.4 is 10.5 Å². The predicted octanol–water partition coefficient (Wildman–Crippen LogP) is 3.10. The molecular formula is C15H27N3O. The van der Waals surface area contributed by atoms with E-state index in [1.807, 2.05) is 6.20 Å². The summed E-state index contributed by atoms with van der Waals surface area (Å²) in [5.74, 6) is 1.98. The molecule has 0 saturated heterocycles. The van der Waals surface area contributed by atoms with Crippen LogP contribution in [-0.2, 0) is 0 Å². The number of nitrogens with zero attached hydrogens (tertiary/aromatic N) is 2.